The van der Waals surface area contributed by atoms with Crippen LogP contribution in [0.1, 0.15) is 45.4 Å². The van der Waals surface area contributed by atoms with Crippen LogP contribution in [0.25, 0.3) is 0 Å². The normalized spacial score (nSPS) is 22.8. The fourth-order valence-corrected chi connectivity index (χ4v) is 6.05. The van der Waals surface area contributed by atoms with Gasteiger partial charge in [0.15, 0.2) is 6.61 Å². The molecule has 22 heavy (non-hydrogen) atoms. The van der Waals surface area contributed by atoms with E-state index >= 15 is 0 Å². The Morgan fingerprint density at radius 2 is 1.95 bits per heavy atom. The van der Waals surface area contributed by atoms with Gasteiger partial charge in [0.25, 0.3) is 0 Å². The lowest BCUT2D eigenvalue weighted by Gasteiger charge is -2.28. The van der Waals surface area contributed by atoms with E-state index < -0.39 is 14.0 Å². The van der Waals surface area contributed by atoms with Gasteiger partial charge in [-0.15, -0.1) is 0 Å². The van der Waals surface area contributed by atoms with Gasteiger partial charge in [0.2, 0.25) is 0 Å². The Morgan fingerprint density at radius 1 is 1.27 bits per heavy atom. The predicted octanol–water partition coefficient (Wildman–Crippen LogP) is 3.62. The molecule has 0 amide bonds. The van der Waals surface area contributed by atoms with Gasteiger partial charge in [-0.05, 0) is 31.8 Å². The SMILES string of the molecule is CC(OC(=O)COC(=O)C1CCCC1)C1=C[Si](C)(C)CCC1. The molecule has 4 nitrogen and oxygen atoms in total. The molecule has 1 heterocycles. The van der Waals surface area contributed by atoms with Crippen LogP contribution in [0, 0.1) is 5.92 Å². The van der Waals surface area contributed by atoms with Crippen LogP contribution in [0.4, 0.5) is 0 Å². The second kappa shape index (κ2) is 7.44. The summed E-state index contributed by atoms with van der Waals surface area (Å²) in [5.41, 5.74) is 3.59. The molecular weight excluding hydrogens is 296 g/mol. The van der Waals surface area contributed by atoms with E-state index in [9.17, 15) is 9.59 Å². The molecule has 0 spiro atoms. The number of ether oxygens (including phenoxy) is 2. The molecule has 1 aliphatic heterocycles. The van der Waals surface area contributed by atoms with E-state index in [1.165, 1.54) is 18.0 Å². The largest absolute Gasteiger partial charge is 0.456 e. The third-order valence-corrected chi connectivity index (χ3v) is 7.51. The van der Waals surface area contributed by atoms with Gasteiger partial charge in [-0.3, -0.25) is 4.79 Å². The summed E-state index contributed by atoms with van der Waals surface area (Å²) >= 11 is 0. The molecule has 0 N–H and O–H groups in total. The van der Waals surface area contributed by atoms with Gasteiger partial charge in [-0.25, -0.2) is 4.79 Å². The summed E-state index contributed by atoms with van der Waals surface area (Å²) in [6.45, 7) is 6.33. The second-order valence-electron chi connectivity index (χ2n) is 7.28. The Morgan fingerprint density at radius 3 is 2.59 bits per heavy atom. The molecule has 2 aliphatic rings. The molecular formula is C17H28O4Si. The first-order chi connectivity index (χ1) is 10.4. The topological polar surface area (TPSA) is 52.6 Å². The van der Waals surface area contributed by atoms with Crippen molar-refractivity contribution in [2.45, 2.75) is 70.7 Å². The van der Waals surface area contributed by atoms with E-state index in [4.69, 9.17) is 9.47 Å². The summed E-state index contributed by atoms with van der Waals surface area (Å²) in [4.78, 5) is 23.6. The van der Waals surface area contributed by atoms with E-state index in [2.05, 4.69) is 18.8 Å². The monoisotopic (exact) mass is 324 g/mol. The summed E-state index contributed by atoms with van der Waals surface area (Å²) < 4.78 is 10.5. The number of hydrogen-bond donors (Lipinski definition) is 0. The van der Waals surface area contributed by atoms with Crippen LogP contribution in [0.5, 0.6) is 0 Å². The van der Waals surface area contributed by atoms with E-state index in [1.54, 1.807) is 0 Å². The molecule has 0 aromatic heterocycles. The first-order valence-electron chi connectivity index (χ1n) is 8.45. The lowest BCUT2D eigenvalue weighted by atomic mass is 10.1. The number of carbonyl (C=O) groups excluding carboxylic acids is 2. The molecule has 0 aromatic rings. The summed E-state index contributed by atoms with van der Waals surface area (Å²) in [5, 5.41) is 0. The molecule has 1 fully saturated rings. The van der Waals surface area contributed by atoms with Gasteiger partial charge in [0.1, 0.15) is 6.10 Å². The highest BCUT2D eigenvalue weighted by atomic mass is 28.3. The van der Waals surface area contributed by atoms with E-state index in [0.29, 0.717) is 0 Å². The average molecular weight is 324 g/mol. The van der Waals surface area contributed by atoms with Crippen molar-refractivity contribution < 1.29 is 19.1 Å². The molecule has 0 radical (unpaired) electrons. The first-order valence-corrected chi connectivity index (χ1v) is 11.7. The lowest BCUT2D eigenvalue weighted by molar-refractivity contribution is -0.163. The zero-order valence-electron chi connectivity index (χ0n) is 14.0. The molecule has 0 bridgehead atoms. The van der Waals surface area contributed by atoms with E-state index in [1.807, 2.05) is 6.92 Å². The van der Waals surface area contributed by atoms with E-state index in [-0.39, 0.29) is 24.6 Å². The van der Waals surface area contributed by atoms with Gasteiger partial charge < -0.3 is 9.47 Å². The average Bonchev–Trinajstić information content (AvgIpc) is 2.97. The molecule has 124 valence electrons. The number of carbonyl (C=O) groups is 2. The quantitative estimate of drug-likeness (QED) is 0.572. The summed E-state index contributed by atoms with van der Waals surface area (Å²) in [7, 11) is -1.26. The zero-order valence-corrected chi connectivity index (χ0v) is 15.0. The minimum Gasteiger partial charge on any atom is -0.456 e. The van der Waals surface area contributed by atoms with Gasteiger partial charge in [0, 0.05) is 0 Å². The van der Waals surface area contributed by atoms with Crippen LogP contribution in [0.2, 0.25) is 19.1 Å². The Labute approximate surface area is 134 Å². The molecule has 1 saturated carbocycles. The highest BCUT2D eigenvalue weighted by molar-refractivity contribution is 6.82. The number of rotatable bonds is 5. The van der Waals surface area contributed by atoms with Gasteiger partial charge in [-0.1, -0.05) is 44.1 Å². The fraction of sp³-hybridized carbons (Fsp3) is 0.765. The van der Waals surface area contributed by atoms with Crippen LogP contribution < -0.4 is 0 Å². The van der Waals surface area contributed by atoms with Crippen molar-refractivity contribution >= 4 is 20.0 Å². The van der Waals surface area contributed by atoms with E-state index in [0.717, 1.165) is 32.1 Å². The van der Waals surface area contributed by atoms with Gasteiger partial charge >= 0.3 is 11.9 Å². The minimum absolute atomic E-state index is 0.0157. The molecule has 0 aromatic carbocycles. The fourth-order valence-electron chi connectivity index (χ4n) is 3.43. The van der Waals surface area contributed by atoms with Crippen molar-refractivity contribution in [2.75, 3.05) is 6.61 Å². The van der Waals surface area contributed by atoms with Crippen LogP contribution in [-0.2, 0) is 19.1 Å². The Kier molecular flexibility index (Phi) is 5.84. The molecule has 2 rings (SSSR count). The summed E-state index contributed by atoms with van der Waals surface area (Å²) in [5.74, 6) is -0.699. The van der Waals surface area contributed by atoms with Crippen molar-refractivity contribution in [2.24, 2.45) is 5.92 Å². The zero-order chi connectivity index (χ0) is 16.2. The molecule has 1 aliphatic carbocycles. The van der Waals surface area contributed by atoms with Crippen molar-refractivity contribution in [3.63, 3.8) is 0 Å². The molecule has 0 saturated heterocycles. The Hall–Kier alpha value is -1.10. The highest BCUT2D eigenvalue weighted by Gasteiger charge is 2.27. The van der Waals surface area contributed by atoms with Crippen LogP contribution >= 0.6 is 0 Å². The van der Waals surface area contributed by atoms with Crippen molar-refractivity contribution in [1.29, 1.82) is 0 Å². The van der Waals surface area contributed by atoms with Gasteiger partial charge in [0.05, 0.1) is 14.0 Å². The summed E-state index contributed by atoms with van der Waals surface area (Å²) in [6, 6.07) is 1.30. The van der Waals surface area contributed by atoms with Crippen LogP contribution in [0.15, 0.2) is 11.3 Å². The third kappa shape index (κ3) is 4.97. The molecule has 1 unspecified atom stereocenters. The smallest absolute Gasteiger partial charge is 0.344 e. The van der Waals surface area contributed by atoms with Crippen molar-refractivity contribution in [3.05, 3.63) is 11.3 Å². The number of esters is 2. The highest BCUT2D eigenvalue weighted by Crippen LogP contribution is 2.29. The van der Waals surface area contributed by atoms with Crippen LogP contribution in [0.3, 0.4) is 0 Å². The Bertz CT molecular complexity index is 450. The predicted molar refractivity (Wildman–Crippen MR) is 88.1 cm³/mol. The van der Waals surface area contributed by atoms with Crippen LogP contribution in [-0.4, -0.2) is 32.7 Å². The van der Waals surface area contributed by atoms with Crippen molar-refractivity contribution in [1.82, 2.24) is 0 Å². The standard InChI is InChI=1S/C17H28O4Si/c1-13(15-9-6-10-22(2,3)12-15)21-16(18)11-20-17(19)14-7-4-5-8-14/h12-14H,4-11H2,1-3H3. The molecule has 5 heteroatoms. The third-order valence-electron chi connectivity index (χ3n) is 4.71. The maximum Gasteiger partial charge on any atom is 0.344 e. The van der Waals surface area contributed by atoms with Gasteiger partial charge in [-0.2, -0.15) is 0 Å². The second-order valence-corrected chi connectivity index (χ2v) is 12.0. The maximum absolute atomic E-state index is 11.9. The lowest BCUT2D eigenvalue weighted by Crippen LogP contribution is -2.30. The molecule has 1 atom stereocenters. The summed E-state index contributed by atoms with van der Waals surface area (Å²) in [6.07, 6.45) is 5.92. The Balaban J connectivity index is 1.76. The number of hydrogen-bond acceptors (Lipinski definition) is 4. The first kappa shape index (κ1) is 17.3. The minimum atomic E-state index is -1.26. The maximum atomic E-state index is 11.9. The van der Waals surface area contributed by atoms with Crippen molar-refractivity contribution in [3.8, 4) is 0 Å².